The van der Waals surface area contributed by atoms with Gasteiger partial charge in [0.2, 0.25) is 11.7 Å². The minimum Gasteiger partial charge on any atom is -0.536 e. The highest BCUT2D eigenvalue weighted by Crippen LogP contribution is 2.39. The fourth-order valence-corrected chi connectivity index (χ4v) is 4.89. The summed E-state index contributed by atoms with van der Waals surface area (Å²) in [6, 6.07) is 32.2. The molecule has 0 saturated carbocycles. The van der Waals surface area contributed by atoms with Crippen LogP contribution in [0.2, 0.25) is 0 Å². The number of aromatic nitrogens is 3. The maximum atomic E-state index is 9.36. The summed E-state index contributed by atoms with van der Waals surface area (Å²) in [5, 5.41) is 13.3. The van der Waals surface area contributed by atoms with Gasteiger partial charge in [-0.25, -0.2) is 4.98 Å². The van der Waals surface area contributed by atoms with Crippen LogP contribution in [0.4, 0.5) is 0 Å². The Hall–Kier alpha value is -4.62. The molecule has 0 radical (unpaired) electrons. The number of hydrogen-bond acceptors (Lipinski definition) is 5. The summed E-state index contributed by atoms with van der Waals surface area (Å²) in [6.07, 6.45) is 0. The van der Waals surface area contributed by atoms with Gasteiger partial charge in [0.05, 0.1) is 22.1 Å². The molecule has 4 aromatic carbocycles. The lowest BCUT2D eigenvalue weighted by Gasteiger charge is -2.09. The lowest BCUT2D eigenvalue weighted by atomic mass is 10.1. The number of nitrogens with zero attached hydrogens (tertiary/aromatic N) is 3. The molecule has 0 amide bonds. The van der Waals surface area contributed by atoms with Crippen LogP contribution >= 0.6 is 0 Å². The monoisotopic (exact) mass is 455 g/mol. The Morgan fingerprint density at radius 2 is 1.37 bits per heavy atom. The van der Waals surface area contributed by atoms with Crippen molar-refractivity contribution in [3.63, 3.8) is 0 Å². The second-order valence-corrected chi connectivity index (χ2v) is 8.30. The molecule has 3 aromatic heterocycles. The molecule has 7 rings (SSSR count). The molecule has 0 fully saturated rings. The summed E-state index contributed by atoms with van der Waals surface area (Å²) in [6.45, 7) is 0. The first kappa shape index (κ1) is 19.8. The summed E-state index contributed by atoms with van der Waals surface area (Å²) >= 11 is 0. The summed E-state index contributed by atoms with van der Waals surface area (Å²) in [5.74, 6) is 0.984. The molecule has 0 aliphatic rings. The van der Waals surface area contributed by atoms with Crippen LogP contribution in [0.5, 0.6) is 5.75 Å². The Bertz CT molecular complexity index is 1820. The van der Waals surface area contributed by atoms with E-state index in [9.17, 15) is 5.02 Å². The van der Waals surface area contributed by atoms with E-state index in [0.717, 1.165) is 43.8 Å². The smallest absolute Gasteiger partial charge is 0.504 e. The van der Waals surface area contributed by atoms with Gasteiger partial charge >= 0.3 is 7.69 Å². The molecule has 0 atom stereocenters. The minimum absolute atomic E-state index is 0.444. The van der Waals surface area contributed by atoms with Crippen molar-refractivity contribution in [1.29, 1.82) is 0 Å². The van der Waals surface area contributed by atoms with Gasteiger partial charge in [-0.3, -0.25) is 4.57 Å². The van der Waals surface area contributed by atoms with Gasteiger partial charge in [0.15, 0.2) is 5.58 Å². The van der Waals surface area contributed by atoms with E-state index in [1.165, 1.54) is 0 Å². The maximum absolute atomic E-state index is 9.36. The number of fused-ring (bicyclic) bond motifs is 6. The van der Waals surface area contributed by atoms with Crippen LogP contribution in [-0.2, 0) is 0 Å². The molecule has 7 heteroatoms. The molecule has 3 heterocycles. The lowest BCUT2D eigenvalue weighted by molar-refractivity contribution is 0.451. The van der Waals surface area contributed by atoms with Crippen molar-refractivity contribution < 1.29 is 14.1 Å². The second-order valence-electron chi connectivity index (χ2n) is 8.30. The van der Waals surface area contributed by atoms with Crippen LogP contribution in [0.3, 0.4) is 0 Å². The molecule has 0 aliphatic heterocycles. The first-order chi connectivity index (χ1) is 17.3. The van der Waals surface area contributed by atoms with Gasteiger partial charge in [-0.2, -0.15) is 4.98 Å². The van der Waals surface area contributed by atoms with Crippen LogP contribution in [-0.4, -0.2) is 27.2 Å². The number of hydrogen-bond donors (Lipinski definition) is 1. The molecule has 35 heavy (non-hydrogen) atoms. The van der Waals surface area contributed by atoms with Gasteiger partial charge < -0.3 is 14.1 Å². The van der Waals surface area contributed by atoms with E-state index in [4.69, 9.17) is 19.0 Å². The second kappa shape index (κ2) is 7.72. The Balaban J connectivity index is 1.63. The zero-order chi connectivity index (χ0) is 23.4. The molecular formula is C28H18BN3O3. The third-order valence-electron chi connectivity index (χ3n) is 6.36. The van der Waals surface area contributed by atoms with Gasteiger partial charge in [0.1, 0.15) is 5.75 Å². The third-order valence-corrected chi connectivity index (χ3v) is 6.36. The molecule has 0 spiro atoms. The standard InChI is InChI=1S/C28H18BN3O3/c33-29-35-23-16-8-13-20-24-25(17-9-2-1-3-10-17)30-28(31-27(24)34-26(20)23)32-21-14-6-4-11-18(21)19-12-5-7-15-22(19)32/h1-16,29,33H. The van der Waals surface area contributed by atoms with Crippen molar-refractivity contribution >= 4 is 51.6 Å². The highest BCUT2D eigenvalue weighted by atomic mass is 16.5. The van der Waals surface area contributed by atoms with Crippen molar-refractivity contribution in [2.24, 2.45) is 0 Å². The fourth-order valence-electron chi connectivity index (χ4n) is 4.89. The molecule has 1 N–H and O–H groups in total. The molecule has 6 nitrogen and oxygen atoms in total. The number of para-hydroxylation sites is 3. The van der Waals surface area contributed by atoms with Gasteiger partial charge in [0.25, 0.3) is 0 Å². The van der Waals surface area contributed by atoms with Gasteiger partial charge in [0, 0.05) is 21.7 Å². The molecule has 0 unspecified atom stereocenters. The van der Waals surface area contributed by atoms with E-state index in [1.807, 2.05) is 66.7 Å². The topological polar surface area (TPSA) is 73.3 Å². The predicted molar refractivity (Wildman–Crippen MR) is 139 cm³/mol. The summed E-state index contributed by atoms with van der Waals surface area (Å²) in [4.78, 5) is 10.0. The summed E-state index contributed by atoms with van der Waals surface area (Å²) in [7, 11) is -0.444. The molecule has 166 valence electrons. The van der Waals surface area contributed by atoms with Crippen molar-refractivity contribution in [2.75, 3.05) is 0 Å². The highest BCUT2D eigenvalue weighted by Gasteiger charge is 2.22. The maximum Gasteiger partial charge on any atom is 0.504 e. The van der Waals surface area contributed by atoms with Crippen LogP contribution in [0, 0.1) is 0 Å². The average Bonchev–Trinajstić information content (AvgIpc) is 3.45. The average molecular weight is 455 g/mol. The van der Waals surface area contributed by atoms with Crippen molar-refractivity contribution in [1.82, 2.24) is 14.5 Å². The van der Waals surface area contributed by atoms with Crippen molar-refractivity contribution in [3.8, 4) is 23.0 Å². The minimum atomic E-state index is -0.444. The molecule has 7 aromatic rings. The quantitative estimate of drug-likeness (QED) is 0.341. The Morgan fingerprint density at radius 3 is 2.09 bits per heavy atom. The fraction of sp³-hybridized carbons (Fsp3) is 0. The van der Waals surface area contributed by atoms with Crippen LogP contribution in [0.25, 0.3) is 61.1 Å². The molecular weight excluding hydrogens is 437 g/mol. The molecule has 0 saturated heterocycles. The summed E-state index contributed by atoms with van der Waals surface area (Å²) < 4.78 is 13.8. The zero-order valence-electron chi connectivity index (χ0n) is 18.6. The zero-order valence-corrected chi connectivity index (χ0v) is 18.6. The first-order valence-corrected chi connectivity index (χ1v) is 11.3. The van der Waals surface area contributed by atoms with Crippen LogP contribution in [0.15, 0.2) is 101 Å². The largest absolute Gasteiger partial charge is 0.536 e. The van der Waals surface area contributed by atoms with Gasteiger partial charge in [-0.15, -0.1) is 0 Å². The number of furan rings is 1. The number of rotatable bonds is 4. The van der Waals surface area contributed by atoms with E-state index >= 15 is 0 Å². The number of benzene rings is 4. The normalized spacial score (nSPS) is 11.6. The first-order valence-electron chi connectivity index (χ1n) is 11.3. The lowest BCUT2D eigenvalue weighted by Crippen LogP contribution is -2.02. The van der Waals surface area contributed by atoms with Crippen LogP contribution in [0.1, 0.15) is 0 Å². The Kier molecular flexibility index (Phi) is 4.37. The van der Waals surface area contributed by atoms with E-state index in [-0.39, 0.29) is 0 Å². The highest BCUT2D eigenvalue weighted by molar-refractivity contribution is 6.19. The molecule has 0 bridgehead atoms. The Labute approximate surface area is 200 Å². The van der Waals surface area contributed by atoms with Gasteiger partial charge in [-0.05, 0) is 18.2 Å². The molecule has 0 aliphatic carbocycles. The Morgan fingerprint density at radius 1 is 0.714 bits per heavy atom. The van der Waals surface area contributed by atoms with E-state index in [1.54, 1.807) is 6.07 Å². The van der Waals surface area contributed by atoms with Crippen molar-refractivity contribution in [3.05, 3.63) is 97.1 Å². The summed E-state index contributed by atoms with van der Waals surface area (Å²) in [5.41, 5.74) is 4.76. The van der Waals surface area contributed by atoms with E-state index in [0.29, 0.717) is 23.0 Å². The SMILES string of the molecule is OBOc1cccc2c1oc1nc(-n3c4ccccc4c4ccccc43)nc(-c3ccccc3)c12. The van der Waals surface area contributed by atoms with E-state index < -0.39 is 7.69 Å². The van der Waals surface area contributed by atoms with Gasteiger partial charge in [-0.1, -0.05) is 78.9 Å². The predicted octanol–water partition coefficient (Wildman–Crippen LogP) is 5.78. The van der Waals surface area contributed by atoms with Crippen LogP contribution < -0.4 is 4.65 Å². The van der Waals surface area contributed by atoms with E-state index in [2.05, 4.69) is 28.8 Å². The third kappa shape index (κ3) is 2.95. The van der Waals surface area contributed by atoms with Crippen molar-refractivity contribution in [2.45, 2.75) is 0 Å².